The molecule has 1 heterocycles. The molecule has 1 aliphatic rings. The molecule has 4 nitrogen and oxygen atoms in total. The lowest BCUT2D eigenvalue weighted by Crippen LogP contribution is -2.20. The second-order valence-electron chi connectivity index (χ2n) is 3.15. The summed E-state index contributed by atoms with van der Waals surface area (Å²) in [6, 6.07) is 0. The van der Waals surface area contributed by atoms with Crippen LogP contribution in [0.3, 0.4) is 0 Å². The first-order valence-corrected chi connectivity index (χ1v) is 3.68. The summed E-state index contributed by atoms with van der Waals surface area (Å²) in [7, 11) is 1.88. The molecule has 0 radical (unpaired) electrons. The third-order valence-electron chi connectivity index (χ3n) is 2.03. The van der Waals surface area contributed by atoms with Crippen LogP contribution >= 0.6 is 0 Å². The standard InChI is InChI=1S/C7H13NO3/c1-8-3-5(2-7(10)11)6(9)4-8/h5-6,9H,2-4H2,1H3,(H,10,11)/t5-,6-/m1/s1. The minimum Gasteiger partial charge on any atom is -0.481 e. The highest BCUT2D eigenvalue weighted by atomic mass is 16.4. The van der Waals surface area contributed by atoms with Gasteiger partial charge in [-0.1, -0.05) is 0 Å². The number of carboxylic acids is 1. The fourth-order valence-corrected chi connectivity index (χ4v) is 1.49. The van der Waals surface area contributed by atoms with Gasteiger partial charge in [0.15, 0.2) is 0 Å². The lowest BCUT2D eigenvalue weighted by molar-refractivity contribution is -0.138. The average molecular weight is 159 g/mol. The molecule has 1 saturated heterocycles. The Kier molecular flexibility index (Phi) is 2.46. The number of aliphatic carboxylic acids is 1. The van der Waals surface area contributed by atoms with E-state index in [1.807, 2.05) is 11.9 Å². The van der Waals surface area contributed by atoms with Crippen LogP contribution in [-0.4, -0.2) is 47.3 Å². The molecule has 0 aliphatic carbocycles. The van der Waals surface area contributed by atoms with Gasteiger partial charge >= 0.3 is 5.97 Å². The van der Waals surface area contributed by atoms with Crippen molar-refractivity contribution in [2.24, 2.45) is 5.92 Å². The number of aliphatic hydroxyl groups is 1. The molecular weight excluding hydrogens is 146 g/mol. The van der Waals surface area contributed by atoms with Gasteiger partial charge < -0.3 is 15.1 Å². The number of likely N-dealkylation sites (tertiary alicyclic amines) is 1. The Morgan fingerprint density at radius 3 is 2.64 bits per heavy atom. The number of hydrogen-bond donors (Lipinski definition) is 2. The number of carbonyl (C=O) groups is 1. The SMILES string of the molecule is CN1C[C@@H](CC(=O)O)[C@H](O)C1. The maximum atomic E-state index is 10.3. The third kappa shape index (κ3) is 2.17. The molecule has 4 heteroatoms. The molecule has 0 saturated carbocycles. The summed E-state index contributed by atoms with van der Waals surface area (Å²) in [5, 5.41) is 17.8. The Bertz CT molecular complexity index is 160. The zero-order valence-corrected chi connectivity index (χ0v) is 6.53. The fraction of sp³-hybridized carbons (Fsp3) is 0.857. The van der Waals surface area contributed by atoms with Crippen LogP contribution in [0.4, 0.5) is 0 Å². The van der Waals surface area contributed by atoms with Gasteiger partial charge in [-0.3, -0.25) is 4.79 Å². The number of hydrogen-bond acceptors (Lipinski definition) is 3. The Hall–Kier alpha value is -0.610. The van der Waals surface area contributed by atoms with Crippen molar-refractivity contribution in [2.45, 2.75) is 12.5 Å². The molecule has 0 amide bonds. The van der Waals surface area contributed by atoms with Crippen LogP contribution < -0.4 is 0 Å². The van der Waals surface area contributed by atoms with E-state index in [2.05, 4.69) is 0 Å². The average Bonchev–Trinajstić information content (AvgIpc) is 2.09. The zero-order chi connectivity index (χ0) is 8.43. The van der Waals surface area contributed by atoms with Crippen LogP contribution in [0.15, 0.2) is 0 Å². The van der Waals surface area contributed by atoms with Crippen molar-refractivity contribution >= 4 is 5.97 Å². The summed E-state index contributed by atoms with van der Waals surface area (Å²) < 4.78 is 0. The van der Waals surface area contributed by atoms with Crippen molar-refractivity contribution in [3.63, 3.8) is 0 Å². The molecule has 0 aromatic carbocycles. The first kappa shape index (κ1) is 8.49. The topological polar surface area (TPSA) is 60.8 Å². The lowest BCUT2D eigenvalue weighted by Gasteiger charge is -2.08. The van der Waals surface area contributed by atoms with E-state index in [1.165, 1.54) is 0 Å². The van der Waals surface area contributed by atoms with E-state index in [-0.39, 0.29) is 12.3 Å². The Labute approximate surface area is 65.4 Å². The van der Waals surface area contributed by atoms with E-state index in [1.54, 1.807) is 0 Å². The molecule has 0 aromatic rings. The maximum Gasteiger partial charge on any atom is 0.303 e. The highest BCUT2D eigenvalue weighted by molar-refractivity contribution is 5.67. The summed E-state index contributed by atoms with van der Waals surface area (Å²) >= 11 is 0. The van der Waals surface area contributed by atoms with Crippen LogP contribution in [0, 0.1) is 5.92 Å². The van der Waals surface area contributed by atoms with Crippen molar-refractivity contribution in [1.29, 1.82) is 0 Å². The predicted octanol–water partition coefficient (Wildman–Crippen LogP) is -0.616. The summed E-state index contributed by atoms with van der Waals surface area (Å²) in [5.74, 6) is -0.915. The molecule has 2 N–H and O–H groups in total. The van der Waals surface area contributed by atoms with Crippen molar-refractivity contribution < 1.29 is 15.0 Å². The third-order valence-corrected chi connectivity index (χ3v) is 2.03. The molecule has 0 bridgehead atoms. The Morgan fingerprint density at radius 1 is 1.64 bits per heavy atom. The zero-order valence-electron chi connectivity index (χ0n) is 6.53. The molecule has 64 valence electrons. The van der Waals surface area contributed by atoms with E-state index >= 15 is 0 Å². The van der Waals surface area contributed by atoms with Crippen molar-refractivity contribution in [2.75, 3.05) is 20.1 Å². The first-order chi connectivity index (χ1) is 5.09. The number of rotatable bonds is 2. The largest absolute Gasteiger partial charge is 0.481 e. The van der Waals surface area contributed by atoms with Gasteiger partial charge in [0.1, 0.15) is 0 Å². The molecule has 2 atom stereocenters. The number of aliphatic hydroxyl groups excluding tert-OH is 1. The second-order valence-corrected chi connectivity index (χ2v) is 3.15. The number of nitrogens with zero attached hydrogens (tertiary/aromatic N) is 1. The number of carboxylic acid groups (broad SMARTS) is 1. The summed E-state index contributed by atoms with van der Waals surface area (Å²) in [4.78, 5) is 12.2. The summed E-state index contributed by atoms with van der Waals surface area (Å²) in [6.07, 6.45) is -0.387. The molecule has 11 heavy (non-hydrogen) atoms. The molecule has 0 unspecified atom stereocenters. The molecule has 1 rings (SSSR count). The second kappa shape index (κ2) is 3.19. The van der Waals surface area contributed by atoms with Gasteiger partial charge in [0.2, 0.25) is 0 Å². The fourth-order valence-electron chi connectivity index (χ4n) is 1.49. The van der Waals surface area contributed by atoms with Gasteiger partial charge in [0.25, 0.3) is 0 Å². The summed E-state index contributed by atoms with van der Waals surface area (Å²) in [5.41, 5.74) is 0. The van der Waals surface area contributed by atoms with E-state index in [0.29, 0.717) is 13.1 Å². The van der Waals surface area contributed by atoms with Crippen molar-refractivity contribution in [1.82, 2.24) is 4.90 Å². The predicted molar refractivity (Wildman–Crippen MR) is 39.2 cm³/mol. The van der Waals surface area contributed by atoms with Gasteiger partial charge in [-0.15, -0.1) is 0 Å². The van der Waals surface area contributed by atoms with Crippen LogP contribution in [0.2, 0.25) is 0 Å². The van der Waals surface area contributed by atoms with Crippen molar-refractivity contribution in [3.8, 4) is 0 Å². The Morgan fingerprint density at radius 2 is 2.27 bits per heavy atom. The van der Waals surface area contributed by atoms with Gasteiger partial charge in [-0.2, -0.15) is 0 Å². The number of β-amino-alcohol motifs (C(OH)–C–C–N with tert-alkyl or cyclic N) is 1. The van der Waals surface area contributed by atoms with Gasteiger partial charge in [-0.05, 0) is 7.05 Å². The van der Waals surface area contributed by atoms with Crippen LogP contribution in [0.5, 0.6) is 0 Å². The van der Waals surface area contributed by atoms with E-state index in [0.717, 1.165) is 0 Å². The molecule has 1 fully saturated rings. The molecule has 0 aromatic heterocycles. The van der Waals surface area contributed by atoms with Gasteiger partial charge in [0, 0.05) is 19.0 Å². The van der Waals surface area contributed by atoms with Crippen molar-refractivity contribution in [3.05, 3.63) is 0 Å². The van der Waals surface area contributed by atoms with E-state index in [4.69, 9.17) is 5.11 Å². The summed E-state index contributed by atoms with van der Waals surface area (Å²) in [6.45, 7) is 1.28. The normalized spacial score (nSPS) is 32.5. The molecule has 1 aliphatic heterocycles. The minimum absolute atomic E-state index is 0.0749. The molecular formula is C7H13NO3. The Balaban J connectivity index is 2.40. The number of likely N-dealkylation sites (N-methyl/N-ethyl adjacent to an activating group) is 1. The maximum absolute atomic E-state index is 10.3. The highest BCUT2D eigenvalue weighted by Crippen LogP contribution is 2.18. The van der Waals surface area contributed by atoms with Crippen LogP contribution in [0.1, 0.15) is 6.42 Å². The minimum atomic E-state index is -0.829. The molecule has 0 spiro atoms. The van der Waals surface area contributed by atoms with Gasteiger partial charge in [0.05, 0.1) is 12.5 Å². The lowest BCUT2D eigenvalue weighted by atomic mass is 10.0. The first-order valence-electron chi connectivity index (χ1n) is 3.68. The highest BCUT2D eigenvalue weighted by Gasteiger charge is 2.30. The van der Waals surface area contributed by atoms with E-state index in [9.17, 15) is 9.90 Å². The monoisotopic (exact) mass is 159 g/mol. The van der Waals surface area contributed by atoms with E-state index < -0.39 is 12.1 Å². The van der Waals surface area contributed by atoms with Crippen LogP contribution in [-0.2, 0) is 4.79 Å². The quantitative estimate of drug-likeness (QED) is 0.564. The van der Waals surface area contributed by atoms with Crippen LogP contribution in [0.25, 0.3) is 0 Å². The smallest absolute Gasteiger partial charge is 0.303 e. The van der Waals surface area contributed by atoms with Gasteiger partial charge in [-0.25, -0.2) is 0 Å².